The number of aromatic nitrogens is 3. The number of carbonyl (C=O) groups excluding carboxylic acids is 1. The van der Waals surface area contributed by atoms with E-state index in [0.717, 1.165) is 23.3 Å². The number of anilines is 3. The average Bonchev–Trinajstić information content (AvgIpc) is 3.24. The van der Waals surface area contributed by atoms with E-state index in [4.69, 9.17) is 5.73 Å². The number of fused-ring (bicyclic) bond motifs is 1. The van der Waals surface area contributed by atoms with Crippen molar-refractivity contribution in [1.29, 1.82) is 0 Å². The van der Waals surface area contributed by atoms with Gasteiger partial charge < -0.3 is 20.9 Å². The van der Waals surface area contributed by atoms with Crippen LogP contribution in [0.2, 0.25) is 0 Å². The fraction of sp³-hybridized carbons (Fsp3) is 0.240. The van der Waals surface area contributed by atoms with Crippen molar-refractivity contribution in [3.05, 3.63) is 66.6 Å². The molecule has 2 aromatic heterocycles. The number of alkyl halides is 7. The van der Waals surface area contributed by atoms with E-state index in [2.05, 4.69) is 20.6 Å². The highest BCUT2D eigenvalue weighted by Gasteiger charge is 2.73. The molecule has 2 aromatic carbocycles. The van der Waals surface area contributed by atoms with Gasteiger partial charge in [-0.1, -0.05) is 24.3 Å². The summed E-state index contributed by atoms with van der Waals surface area (Å²) < 4.78 is 94.7. The van der Waals surface area contributed by atoms with E-state index < -0.39 is 35.3 Å². The van der Waals surface area contributed by atoms with Crippen LogP contribution in [-0.2, 0) is 5.67 Å². The van der Waals surface area contributed by atoms with E-state index in [1.165, 1.54) is 18.5 Å². The van der Waals surface area contributed by atoms with E-state index >= 15 is 0 Å². The van der Waals surface area contributed by atoms with Gasteiger partial charge in [-0.05, 0) is 43.7 Å². The minimum atomic E-state index is -6.27. The first-order valence-electron chi connectivity index (χ1n) is 11.4. The highest BCUT2D eigenvalue weighted by molar-refractivity contribution is 6.02. The topological polar surface area (TPSA) is 97.9 Å². The molecule has 2 amide bonds. The number of rotatable bonds is 5. The minimum absolute atomic E-state index is 0.0773. The normalized spacial score (nSPS) is 12.7. The lowest BCUT2D eigenvalue weighted by Crippen LogP contribution is -2.50. The molecule has 39 heavy (non-hydrogen) atoms. The molecule has 7 nitrogen and oxygen atoms in total. The Morgan fingerprint density at radius 2 is 1.51 bits per heavy atom. The first-order valence-corrected chi connectivity index (χ1v) is 11.4. The van der Waals surface area contributed by atoms with Gasteiger partial charge in [0.15, 0.2) is 0 Å². The van der Waals surface area contributed by atoms with Crippen LogP contribution in [0.4, 0.5) is 52.7 Å². The highest BCUT2D eigenvalue weighted by atomic mass is 19.4. The second-order valence-electron chi connectivity index (χ2n) is 8.89. The number of amides is 2. The predicted octanol–water partition coefficient (Wildman–Crippen LogP) is 7.19. The summed E-state index contributed by atoms with van der Waals surface area (Å²) in [4.78, 5) is 20.8. The Balaban J connectivity index is 1.54. The molecule has 0 saturated carbocycles. The zero-order valence-electron chi connectivity index (χ0n) is 20.3. The Kier molecular flexibility index (Phi) is 6.91. The number of benzene rings is 2. The molecular weight excluding hydrogens is 533 g/mol. The van der Waals surface area contributed by atoms with E-state index in [1.807, 2.05) is 24.6 Å². The number of nitrogen functional groups attached to an aromatic ring is 1. The fourth-order valence-electron chi connectivity index (χ4n) is 4.05. The second-order valence-corrected chi connectivity index (χ2v) is 8.89. The summed E-state index contributed by atoms with van der Waals surface area (Å²) in [5, 5.41) is 5.17. The molecule has 0 fully saturated rings. The number of halogens is 7. The van der Waals surface area contributed by atoms with Crippen LogP contribution in [0.3, 0.4) is 0 Å². The Morgan fingerprint density at radius 3 is 2.10 bits per heavy atom. The van der Waals surface area contributed by atoms with Gasteiger partial charge in [-0.15, -0.1) is 0 Å². The van der Waals surface area contributed by atoms with E-state index in [1.54, 1.807) is 12.1 Å². The van der Waals surface area contributed by atoms with Gasteiger partial charge in [0.05, 0.1) is 5.39 Å². The Morgan fingerprint density at radius 1 is 0.897 bits per heavy atom. The van der Waals surface area contributed by atoms with Crippen LogP contribution >= 0.6 is 0 Å². The first kappa shape index (κ1) is 27.7. The molecule has 0 aliphatic carbocycles. The van der Waals surface area contributed by atoms with Gasteiger partial charge in [0.1, 0.15) is 17.8 Å². The molecule has 0 saturated heterocycles. The molecule has 0 unspecified atom stereocenters. The summed E-state index contributed by atoms with van der Waals surface area (Å²) in [5.41, 5.74) is 0.645. The van der Waals surface area contributed by atoms with Crippen LogP contribution in [0, 0.1) is 0 Å². The van der Waals surface area contributed by atoms with Crippen molar-refractivity contribution >= 4 is 34.3 Å². The maximum Gasteiger partial charge on any atom is 0.435 e. The van der Waals surface area contributed by atoms with Crippen molar-refractivity contribution in [1.82, 2.24) is 14.5 Å². The molecule has 0 aliphatic heterocycles. The maximum atomic E-state index is 14.4. The van der Waals surface area contributed by atoms with Gasteiger partial charge in [-0.3, -0.25) is 0 Å². The van der Waals surface area contributed by atoms with Gasteiger partial charge in [0.25, 0.3) is 0 Å². The summed E-state index contributed by atoms with van der Waals surface area (Å²) in [6.45, 7) is 3.95. The average molecular weight is 554 g/mol. The van der Waals surface area contributed by atoms with Gasteiger partial charge >= 0.3 is 24.1 Å². The number of nitrogens with zero attached hydrogens (tertiary/aromatic N) is 3. The monoisotopic (exact) mass is 554 g/mol. The Hall–Kier alpha value is -4.36. The summed E-state index contributed by atoms with van der Waals surface area (Å²) in [6.07, 6.45) is -9.31. The van der Waals surface area contributed by atoms with E-state index in [-0.39, 0.29) is 23.6 Å². The number of carbonyl (C=O) groups is 1. The summed E-state index contributed by atoms with van der Waals surface area (Å²) >= 11 is 0. The quantitative estimate of drug-likeness (QED) is 0.227. The van der Waals surface area contributed by atoms with Crippen LogP contribution < -0.4 is 16.4 Å². The fourth-order valence-corrected chi connectivity index (χ4v) is 4.05. The van der Waals surface area contributed by atoms with Crippen LogP contribution in [-0.4, -0.2) is 32.9 Å². The third kappa shape index (κ3) is 5.05. The highest BCUT2D eigenvalue weighted by Crippen LogP contribution is 2.53. The lowest BCUT2D eigenvalue weighted by molar-refractivity contribution is -0.348. The van der Waals surface area contributed by atoms with Crippen LogP contribution in [0.5, 0.6) is 0 Å². The van der Waals surface area contributed by atoms with Crippen LogP contribution in [0.15, 0.2) is 61.1 Å². The molecule has 206 valence electrons. The number of nitrogens with one attached hydrogen (secondary N) is 2. The molecule has 0 radical (unpaired) electrons. The van der Waals surface area contributed by atoms with Crippen molar-refractivity contribution in [3.8, 4) is 11.1 Å². The molecule has 14 heteroatoms. The van der Waals surface area contributed by atoms with Crippen molar-refractivity contribution in [2.75, 3.05) is 16.4 Å². The van der Waals surface area contributed by atoms with E-state index in [0.29, 0.717) is 17.1 Å². The van der Waals surface area contributed by atoms with Gasteiger partial charge in [-0.2, -0.15) is 26.3 Å². The molecule has 0 atom stereocenters. The lowest BCUT2D eigenvalue weighted by atomic mass is 9.94. The third-order valence-electron chi connectivity index (χ3n) is 5.95. The van der Waals surface area contributed by atoms with Gasteiger partial charge in [-0.25, -0.2) is 19.2 Å². The zero-order valence-corrected chi connectivity index (χ0v) is 20.3. The number of urea groups is 1. The number of hydrogen-bond acceptors (Lipinski definition) is 4. The molecule has 4 rings (SSSR count). The largest absolute Gasteiger partial charge is 0.435 e. The van der Waals surface area contributed by atoms with Crippen molar-refractivity contribution in [2.24, 2.45) is 0 Å². The van der Waals surface area contributed by atoms with Crippen LogP contribution in [0.25, 0.3) is 22.2 Å². The Labute approximate surface area is 216 Å². The predicted molar refractivity (Wildman–Crippen MR) is 132 cm³/mol. The zero-order chi connectivity index (χ0) is 28.8. The van der Waals surface area contributed by atoms with Crippen molar-refractivity contribution < 1.29 is 35.5 Å². The number of nitrogens with two attached hydrogens (primary N) is 1. The molecule has 2 heterocycles. The standard InChI is InChI=1S/C25H21F7N6O/c1-13(2)38-11-18(19-20(33)34-12-35-21(19)38)14-6-8-16(9-7-14)36-22(39)37-17-5-3-4-15(10-17)23(26,24(27,28)29)25(30,31)32/h3-13H,1-2H3,(H2,33,34,35)(H2,36,37,39). The molecular formula is C25H21F7N6O. The summed E-state index contributed by atoms with van der Waals surface area (Å²) in [6, 6.07) is 7.93. The van der Waals surface area contributed by atoms with Crippen LogP contribution in [0.1, 0.15) is 25.5 Å². The molecule has 4 aromatic rings. The molecule has 0 spiro atoms. The van der Waals surface area contributed by atoms with Crippen molar-refractivity contribution in [2.45, 2.75) is 37.9 Å². The van der Waals surface area contributed by atoms with Gasteiger partial charge in [0.2, 0.25) is 0 Å². The second kappa shape index (κ2) is 9.75. The smallest absolute Gasteiger partial charge is 0.383 e. The number of hydrogen-bond donors (Lipinski definition) is 3. The Bertz CT molecular complexity index is 1500. The molecule has 0 aliphatic rings. The first-order chi connectivity index (χ1) is 18.1. The van der Waals surface area contributed by atoms with E-state index in [9.17, 15) is 35.5 Å². The summed E-state index contributed by atoms with van der Waals surface area (Å²) in [5.74, 6) is 0.284. The molecule has 4 N–H and O–H groups in total. The minimum Gasteiger partial charge on any atom is -0.383 e. The molecule has 0 bridgehead atoms. The SMILES string of the molecule is CC(C)n1cc(-c2ccc(NC(=O)Nc3cccc(C(F)(C(F)(F)F)C(F)(F)F)c3)cc2)c2c(N)ncnc21. The third-order valence-corrected chi connectivity index (χ3v) is 5.95. The lowest BCUT2D eigenvalue weighted by Gasteiger charge is -2.30. The van der Waals surface area contributed by atoms with Gasteiger partial charge in [0, 0.05) is 34.7 Å². The summed E-state index contributed by atoms with van der Waals surface area (Å²) in [7, 11) is 0. The maximum absolute atomic E-state index is 14.4. The van der Waals surface area contributed by atoms with Crippen molar-refractivity contribution in [3.63, 3.8) is 0 Å².